The van der Waals surface area contributed by atoms with Crippen LogP contribution < -0.4 is 5.32 Å². The largest absolute Gasteiger partial charge is 0.480 e. The fraction of sp³-hybridized carbons (Fsp3) is 0.767. The summed E-state index contributed by atoms with van der Waals surface area (Å²) in [6.07, 6.45) is 18.0. The van der Waals surface area contributed by atoms with E-state index in [1.807, 2.05) is 18.2 Å². The minimum absolute atomic E-state index is 0.0323. The average molecular weight is 694 g/mol. The van der Waals surface area contributed by atoms with Gasteiger partial charge in [0.15, 0.2) is 0 Å². The van der Waals surface area contributed by atoms with E-state index in [1.165, 1.54) is 51.4 Å². The molecule has 1 aromatic carbocycles. The van der Waals surface area contributed by atoms with Gasteiger partial charge in [-0.1, -0.05) is 96.3 Å². The molecule has 9 atom stereocenters. The highest BCUT2D eigenvalue weighted by Crippen LogP contribution is 2.76. The van der Waals surface area contributed by atoms with Gasteiger partial charge in [0.2, 0.25) is 5.91 Å². The van der Waals surface area contributed by atoms with Crippen molar-refractivity contribution in [1.29, 1.82) is 0 Å². The van der Waals surface area contributed by atoms with Gasteiger partial charge in [0.25, 0.3) is 0 Å². The van der Waals surface area contributed by atoms with E-state index in [0.717, 1.165) is 37.7 Å². The molecule has 4 saturated carbocycles. The van der Waals surface area contributed by atoms with Gasteiger partial charge < -0.3 is 15.5 Å². The molecule has 5 nitrogen and oxygen atoms in total. The average Bonchev–Trinajstić information content (AvgIpc) is 3.02. The van der Waals surface area contributed by atoms with Crippen LogP contribution in [0.25, 0.3) is 0 Å². The summed E-state index contributed by atoms with van der Waals surface area (Å²) in [5.74, 6) is 0.578. The molecule has 4 fully saturated rings. The molecule has 6 heteroatoms. The highest BCUT2D eigenvalue weighted by Gasteiger charge is 2.68. The Morgan fingerprint density at radius 3 is 2.35 bits per heavy atom. The van der Waals surface area contributed by atoms with Gasteiger partial charge in [-0.2, -0.15) is 0 Å². The standard InChI is InChI=1S/C43H64ClNO4/c1-38(2)22-24-43(19-11-10-14-36(47)45-32(37(48)49)26-28-12-8-9-13-31(28)44)25-23-41(6)29(30(43)27-38)15-16-34-40(5)20-18-35(46)39(3,4)33(40)17-21-42(34,41)7/h8-9,12-13,15,30,32-35,46H,10-11,14,16-27H2,1-7H3,(H,45,47)(H,48,49)/t30?,32?,33?,34?,35-,40-,41+,42+,43+/m0/s1. The Bertz CT molecular complexity index is 1470. The number of allylic oxidation sites excluding steroid dienone is 2. The Hall–Kier alpha value is -1.85. The quantitative estimate of drug-likeness (QED) is 0.177. The zero-order valence-electron chi connectivity index (χ0n) is 31.5. The molecule has 0 aromatic heterocycles. The molecule has 6 rings (SSSR count). The first-order chi connectivity index (χ1) is 22.9. The maximum Gasteiger partial charge on any atom is 0.326 e. The molecule has 272 valence electrons. The third-order valence-corrected chi connectivity index (χ3v) is 16.5. The molecule has 0 radical (unpaired) electrons. The number of carbonyl (C=O) groups is 2. The van der Waals surface area contributed by atoms with Gasteiger partial charge in [-0.15, -0.1) is 0 Å². The number of unbranched alkanes of at least 4 members (excludes halogenated alkanes) is 1. The van der Waals surface area contributed by atoms with Crippen molar-refractivity contribution in [3.05, 3.63) is 46.5 Å². The van der Waals surface area contributed by atoms with Gasteiger partial charge in [0.05, 0.1) is 6.10 Å². The Kier molecular flexibility index (Phi) is 9.78. The lowest BCUT2D eigenvalue weighted by molar-refractivity contribution is -0.203. The van der Waals surface area contributed by atoms with Crippen molar-refractivity contribution in [1.82, 2.24) is 5.32 Å². The Morgan fingerprint density at radius 1 is 0.918 bits per heavy atom. The Labute approximate surface area is 301 Å². The van der Waals surface area contributed by atoms with Crippen molar-refractivity contribution < 1.29 is 19.8 Å². The molecule has 0 bridgehead atoms. The molecule has 49 heavy (non-hydrogen) atoms. The van der Waals surface area contributed by atoms with Gasteiger partial charge in [-0.3, -0.25) is 4.79 Å². The van der Waals surface area contributed by atoms with E-state index in [-0.39, 0.29) is 45.5 Å². The zero-order valence-corrected chi connectivity index (χ0v) is 32.2. The van der Waals surface area contributed by atoms with E-state index in [4.69, 9.17) is 11.6 Å². The van der Waals surface area contributed by atoms with Gasteiger partial charge in [0.1, 0.15) is 6.04 Å². The third-order valence-electron chi connectivity index (χ3n) is 16.1. The predicted molar refractivity (Wildman–Crippen MR) is 198 cm³/mol. The summed E-state index contributed by atoms with van der Waals surface area (Å²) >= 11 is 6.28. The van der Waals surface area contributed by atoms with Crippen LogP contribution in [0.3, 0.4) is 0 Å². The van der Waals surface area contributed by atoms with Crippen molar-refractivity contribution >= 4 is 23.5 Å². The smallest absolute Gasteiger partial charge is 0.326 e. The van der Waals surface area contributed by atoms with Crippen LogP contribution in [-0.4, -0.2) is 34.2 Å². The van der Waals surface area contributed by atoms with Crippen molar-refractivity contribution in [3.8, 4) is 0 Å². The lowest BCUT2D eigenvalue weighted by Gasteiger charge is -2.71. The van der Waals surface area contributed by atoms with Crippen molar-refractivity contribution in [2.24, 2.45) is 50.2 Å². The summed E-state index contributed by atoms with van der Waals surface area (Å²) < 4.78 is 0. The lowest BCUT2D eigenvalue weighted by Crippen LogP contribution is -2.64. The number of carboxylic acid groups (broad SMARTS) is 1. The van der Waals surface area contributed by atoms with Crippen molar-refractivity contribution in [3.63, 3.8) is 0 Å². The molecular formula is C43H64ClNO4. The number of fused-ring (bicyclic) bond motifs is 7. The van der Waals surface area contributed by atoms with Gasteiger partial charge in [-0.05, 0) is 139 Å². The summed E-state index contributed by atoms with van der Waals surface area (Å²) in [6.45, 7) is 17.5. The highest BCUT2D eigenvalue weighted by molar-refractivity contribution is 6.31. The van der Waals surface area contributed by atoms with Gasteiger partial charge >= 0.3 is 5.97 Å². The second kappa shape index (κ2) is 13.0. The minimum Gasteiger partial charge on any atom is -0.480 e. The van der Waals surface area contributed by atoms with Crippen molar-refractivity contribution in [2.75, 3.05) is 0 Å². The summed E-state index contributed by atoms with van der Waals surface area (Å²) in [5, 5.41) is 24.2. The fourth-order valence-corrected chi connectivity index (χ4v) is 13.1. The van der Waals surface area contributed by atoms with Crippen LogP contribution >= 0.6 is 11.6 Å². The zero-order chi connectivity index (χ0) is 35.6. The highest BCUT2D eigenvalue weighted by atomic mass is 35.5. The van der Waals surface area contributed by atoms with Gasteiger partial charge in [0, 0.05) is 17.9 Å². The molecule has 0 heterocycles. The van der Waals surface area contributed by atoms with Crippen LogP contribution in [0.5, 0.6) is 0 Å². The maximum absolute atomic E-state index is 13.0. The number of carboxylic acids is 1. The Balaban J connectivity index is 1.16. The maximum atomic E-state index is 13.0. The van der Waals surface area contributed by atoms with Crippen LogP contribution in [0.4, 0.5) is 0 Å². The summed E-state index contributed by atoms with van der Waals surface area (Å²) in [7, 11) is 0. The number of aliphatic hydroxyl groups excluding tert-OH is 1. The fourth-order valence-electron chi connectivity index (χ4n) is 12.9. The predicted octanol–water partition coefficient (Wildman–Crippen LogP) is 10.2. The number of benzene rings is 1. The van der Waals surface area contributed by atoms with E-state index < -0.39 is 12.0 Å². The molecule has 5 aliphatic rings. The first-order valence-corrected chi connectivity index (χ1v) is 19.9. The number of hydrogen-bond acceptors (Lipinski definition) is 3. The topological polar surface area (TPSA) is 86.6 Å². The number of aliphatic hydroxyl groups is 1. The molecule has 0 aliphatic heterocycles. The van der Waals surface area contributed by atoms with E-state index in [1.54, 1.807) is 11.6 Å². The van der Waals surface area contributed by atoms with Crippen LogP contribution in [0.1, 0.15) is 144 Å². The number of amides is 1. The number of halogens is 1. The molecule has 1 amide bonds. The van der Waals surface area contributed by atoms with Crippen LogP contribution in [0.15, 0.2) is 35.9 Å². The number of carbonyl (C=O) groups excluding carboxylic acids is 1. The normalized spacial score (nSPS) is 39.7. The SMILES string of the molecule is CC1(C)CC[C@]2(CCCCC(=O)NC(Cc3ccccc3Cl)C(=O)O)CC[C@]3(C)C(=CCC4[C@@]5(C)CC[C@H](O)C(C)(C)C5CC[C@]43C)C2C1. The van der Waals surface area contributed by atoms with E-state index >= 15 is 0 Å². The molecule has 4 unspecified atom stereocenters. The number of nitrogens with one attached hydrogen (secondary N) is 1. The molecular weight excluding hydrogens is 630 g/mol. The molecule has 1 aromatic rings. The Morgan fingerprint density at radius 2 is 1.63 bits per heavy atom. The number of aliphatic carboxylic acids is 1. The van der Waals surface area contributed by atoms with Crippen molar-refractivity contribution in [2.45, 2.75) is 157 Å². The minimum atomic E-state index is -1.03. The number of hydrogen-bond donors (Lipinski definition) is 3. The summed E-state index contributed by atoms with van der Waals surface area (Å²) in [5.41, 5.74) is 3.79. The van der Waals surface area contributed by atoms with Gasteiger partial charge in [-0.25, -0.2) is 4.79 Å². The van der Waals surface area contributed by atoms with E-state index in [9.17, 15) is 19.8 Å². The van der Waals surface area contributed by atoms with E-state index in [2.05, 4.69) is 59.9 Å². The lowest BCUT2D eigenvalue weighted by atomic mass is 9.33. The molecule has 0 spiro atoms. The van der Waals surface area contributed by atoms with Crippen LogP contribution in [0.2, 0.25) is 5.02 Å². The molecule has 3 N–H and O–H groups in total. The summed E-state index contributed by atoms with van der Waals surface area (Å²) in [4.78, 5) is 25.0. The number of rotatable bonds is 9. The van der Waals surface area contributed by atoms with E-state index in [0.29, 0.717) is 34.6 Å². The van der Waals surface area contributed by atoms with Crippen LogP contribution in [-0.2, 0) is 16.0 Å². The summed E-state index contributed by atoms with van der Waals surface area (Å²) in [6, 6.07) is 6.24. The monoisotopic (exact) mass is 693 g/mol. The second-order valence-electron chi connectivity index (χ2n) is 19.4. The molecule has 5 aliphatic carbocycles. The molecule has 0 saturated heterocycles. The first-order valence-electron chi connectivity index (χ1n) is 19.5. The third kappa shape index (κ3) is 6.23. The van der Waals surface area contributed by atoms with Crippen LogP contribution in [0, 0.1) is 50.2 Å². The second-order valence-corrected chi connectivity index (χ2v) is 19.8. The first kappa shape index (κ1) is 36.9.